The summed E-state index contributed by atoms with van der Waals surface area (Å²) in [6, 6.07) is 0. The molecule has 0 spiro atoms. The molecule has 15 heavy (non-hydrogen) atoms. The second-order valence-corrected chi connectivity index (χ2v) is 3.60. The van der Waals surface area contributed by atoms with Crippen LogP contribution in [0.15, 0.2) is 24.9 Å². The second-order valence-electron chi connectivity index (χ2n) is 3.60. The van der Waals surface area contributed by atoms with Gasteiger partial charge in [-0.2, -0.15) is 5.10 Å². The minimum absolute atomic E-state index is 0.643. The van der Waals surface area contributed by atoms with Crippen LogP contribution in [-0.4, -0.2) is 25.9 Å². The van der Waals surface area contributed by atoms with Crippen molar-refractivity contribution >= 4 is 0 Å². The average Bonchev–Trinajstić information content (AvgIpc) is 2.78. The van der Waals surface area contributed by atoms with Gasteiger partial charge in [0.05, 0.1) is 24.8 Å². The number of hydrogen-bond donors (Lipinski definition) is 1. The van der Waals surface area contributed by atoms with Gasteiger partial charge in [-0.15, -0.1) is 0 Å². The normalized spacial score (nSPS) is 10.8. The first kappa shape index (κ1) is 9.92. The third-order valence-corrected chi connectivity index (χ3v) is 2.21. The van der Waals surface area contributed by atoms with Gasteiger partial charge in [0.15, 0.2) is 0 Å². The molecule has 0 amide bonds. The fraction of sp³-hybridized carbons (Fsp3) is 0.400. The predicted molar refractivity (Wildman–Crippen MR) is 57.3 cm³/mol. The van der Waals surface area contributed by atoms with Gasteiger partial charge in [-0.25, -0.2) is 4.98 Å². The molecule has 5 nitrogen and oxygen atoms in total. The molecule has 0 aliphatic carbocycles. The third-order valence-electron chi connectivity index (χ3n) is 2.21. The summed E-state index contributed by atoms with van der Waals surface area (Å²) in [5.41, 5.74) is 7.68. The number of hydrogen-bond acceptors (Lipinski definition) is 3. The van der Waals surface area contributed by atoms with Crippen LogP contribution in [0.2, 0.25) is 0 Å². The molecule has 0 unspecified atom stereocenters. The van der Waals surface area contributed by atoms with Crippen LogP contribution in [-0.2, 0) is 20.0 Å². The number of rotatable bonds is 4. The van der Waals surface area contributed by atoms with Crippen molar-refractivity contribution in [1.29, 1.82) is 0 Å². The lowest BCUT2D eigenvalue weighted by atomic mass is 10.3. The van der Waals surface area contributed by atoms with Crippen molar-refractivity contribution in [3.05, 3.63) is 36.2 Å². The van der Waals surface area contributed by atoms with Gasteiger partial charge >= 0.3 is 0 Å². The van der Waals surface area contributed by atoms with E-state index >= 15 is 0 Å². The van der Waals surface area contributed by atoms with E-state index in [1.165, 1.54) is 5.56 Å². The zero-order chi connectivity index (χ0) is 10.7. The fourth-order valence-electron chi connectivity index (χ4n) is 1.53. The van der Waals surface area contributed by atoms with Crippen molar-refractivity contribution in [3.63, 3.8) is 0 Å². The molecule has 5 heteroatoms. The van der Waals surface area contributed by atoms with Crippen molar-refractivity contribution in [2.24, 2.45) is 12.8 Å². The maximum Gasteiger partial charge on any atom is 0.0952 e. The fourth-order valence-corrected chi connectivity index (χ4v) is 1.53. The van der Waals surface area contributed by atoms with E-state index in [0.717, 1.165) is 18.7 Å². The highest BCUT2D eigenvalue weighted by Gasteiger charge is 2.00. The summed E-state index contributed by atoms with van der Waals surface area (Å²) in [6.07, 6.45) is 8.56. The Bertz CT molecular complexity index is 428. The van der Waals surface area contributed by atoms with Crippen LogP contribution in [0.3, 0.4) is 0 Å². The summed E-state index contributed by atoms with van der Waals surface area (Å²) < 4.78 is 3.84. The molecule has 2 aromatic rings. The van der Waals surface area contributed by atoms with E-state index in [1.807, 2.05) is 36.5 Å². The number of nitrogens with zero attached hydrogens (tertiary/aromatic N) is 4. The highest BCUT2D eigenvalue weighted by Crippen LogP contribution is 2.02. The van der Waals surface area contributed by atoms with Gasteiger partial charge in [0, 0.05) is 31.4 Å². The monoisotopic (exact) mass is 205 g/mol. The topological polar surface area (TPSA) is 61.7 Å². The molecule has 0 saturated heterocycles. The molecule has 0 atom stereocenters. The zero-order valence-corrected chi connectivity index (χ0v) is 8.80. The van der Waals surface area contributed by atoms with Crippen LogP contribution in [0.4, 0.5) is 0 Å². The van der Waals surface area contributed by atoms with Gasteiger partial charge in [-0.1, -0.05) is 0 Å². The van der Waals surface area contributed by atoms with E-state index < -0.39 is 0 Å². The van der Waals surface area contributed by atoms with E-state index in [1.54, 1.807) is 4.68 Å². The van der Waals surface area contributed by atoms with Gasteiger partial charge in [-0.3, -0.25) is 4.68 Å². The molecule has 2 rings (SSSR count). The van der Waals surface area contributed by atoms with Crippen molar-refractivity contribution in [2.75, 3.05) is 6.54 Å². The van der Waals surface area contributed by atoms with E-state index in [0.29, 0.717) is 6.54 Å². The Hall–Kier alpha value is -1.62. The summed E-state index contributed by atoms with van der Waals surface area (Å²) in [6.45, 7) is 1.45. The Balaban J connectivity index is 2.04. The summed E-state index contributed by atoms with van der Waals surface area (Å²) in [5.74, 6) is 0. The van der Waals surface area contributed by atoms with Crippen molar-refractivity contribution in [2.45, 2.75) is 13.0 Å². The van der Waals surface area contributed by atoms with Crippen LogP contribution in [0.1, 0.15) is 11.3 Å². The predicted octanol–water partition coefficient (Wildman–Crippen LogP) is 0.166. The first-order valence-corrected chi connectivity index (χ1v) is 4.96. The third kappa shape index (κ3) is 2.44. The number of nitrogens with two attached hydrogens (primary N) is 1. The van der Waals surface area contributed by atoms with Gasteiger partial charge in [0.25, 0.3) is 0 Å². The van der Waals surface area contributed by atoms with Crippen LogP contribution in [0, 0.1) is 0 Å². The molecule has 80 valence electrons. The highest BCUT2D eigenvalue weighted by atomic mass is 15.2. The SMILES string of the molecule is Cn1cc(Cn2cnc(CCN)c2)cn1. The average molecular weight is 205 g/mol. The molecule has 0 aliphatic rings. The number of aryl methyl sites for hydroxylation is 1. The standard InChI is InChI=1S/C10H15N5/c1-14-5-9(4-13-14)6-15-7-10(2-3-11)12-8-15/h4-5,7-8H,2-3,6,11H2,1H3. The van der Waals surface area contributed by atoms with Crippen LogP contribution < -0.4 is 5.73 Å². The lowest BCUT2D eigenvalue weighted by Gasteiger charge is -1.97. The zero-order valence-electron chi connectivity index (χ0n) is 8.80. The molecule has 2 heterocycles. The van der Waals surface area contributed by atoms with Crippen molar-refractivity contribution in [1.82, 2.24) is 19.3 Å². The van der Waals surface area contributed by atoms with Gasteiger partial charge in [-0.05, 0) is 6.54 Å². The maximum absolute atomic E-state index is 5.46. The van der Waals surface area contributed by atoms with Crippen molar-refractivity contribution in [3.8, 4) is 0 Å². The van der Waals surface area contributed by atoms with E-state index in [9.17, 15) is 0 Å². The Labute approximate surface area is 88.5 Å². The molecule has 2 N–H and O–H groups in total. The largest absolute Gasteiger partial charge is 0.333 e. The lowest BCUT2D eigenvalue weighted by Crippen LogP contribution is -2.02. The Kier molecular flexibility index (Phi) is 2.82. The molecular weight excluding hydrogens is 190 g/mol. The van der Waals surface area contributed by atoms with Crippen molar-refractivity contribution < 1.29 is 0 Å². The molecule has 0 fully saturated rings. The molecule has 0 bridgehead atoms. The molecule has 0 aromatic carbocycles. The highest BCUT2D eigenvalue weighted by molar-refractivity contribution is 5.06. The first-order valence-electron chi connectivity index (χ1n) is 4.96. The second kappa shape index (κ2) is 4.27. The molecule has 2 aromatic heterocycles. The van der Waals surface area contributed by atoms with Crippen LogP contribution >= 0.6 is 0 Å². The quantitative estimate of drug-likeness (QED) is 0.773. The van der Waals surface area contributed by atoms with Crippen LogP contribution in [0.5, 0.6) is 0 Å². The number of aromatic nitrogens is 4. The summed E-state index contributed by atoms with van der Waals surface area (Å²) >= 11 is 0. The molecule has 0 radical (unpaired) electrons. The maximum atomic E-state index is 5.46. The van der Waals surface area contributed by atoms with E-state index in [-0.39, 0.29) is 0 Å². The summed E-state index contributed by atoms with van der Waals surface area (Å²) in [4.78, 5) is 4.26. The molecule has 0 saturated carbocycles. The summed E-state index contributed by atoms with van der Waals surface area (Å²) in [7, 11) is 1.91. The Morgan fingerprint density at radius 3 is 2.93 bits per heavy atom. The van der Waals surface area contributed by atoms with Crippen LogP contribution in [0.25, 0.3) is 0 Å². The minimum Gasteiger partial charge on any atom is -0.333 e. The number of imidazole rings is 1. The smallest absolute Gasteiger partial charge is 0.0952 e. The Morgan fingerprint density at radius 2 is 2.27 bits per heavy atom. The summed E-state index contributed by atoms with van der Waals surface area (Å²) in [5, 5.41) is 4.12. The van der Waals surface area contributed by atoms with E-state index in [4.69, 9.17) is 5.73 Å². The van der Waals surface area contributed by atoms with Gasteiger partial charge in [0.1, 0.15) is 0 Å². The molecular formula is C10H15N5. The molecule has 0 aliphatic heterocycles. The minimum atomic E-state index is 0.643. The Morgan fingerprint density at radius 1 is 1.40 bits per heavy atom. The first-order chi connectivity index (χ1) is 7.28. The van der Waals surface area contributed by atoms with Gasteiger partial charge in [0.2, 0.25) is 0 Å². The van der Waals surface area contributed by atoms with E-state index in [2.05, 4.69) is 10.1 Å². The lowest BCUT2D eigenvalue weighted by molar-refractivity contribution is 0.762. The van der Waals surface area contributed by atoms with Gasteiger partial charge < -0.3 is 10.3 Å².